The quantitative estimate of drug-likeness (QED) is 0.597. The number of hydrogen-bond donors (Lipinski definition) is 0. The fourth-order valence-electron chi connectivity index (χ4n) is 1.37. The third-order valence-electron chi connectivity index (χ3n) is 2.21. The van der Waals surface area contributed by atoms with Crippen LogP contribution in [0.1, 0.15) is 0 Å². The average molecular weight is 259 g/mol. The lowest BCUT2D eigenvalue weighted by Gasteiger charge is -2.37. The molecule has 0 aliphatic carbocycles. The molecule has 0 saturated carbocycles. The number of carbonyl (C=O) groups excluding carboxylic acids is 1. The number of carbonyl (C=O) groups is 1. The molecule has 3 nitrogen and oxygen atoms in total. The van der Waals surface area contributed by atoms with E-state index in [1.54, 1.807) is 12.1 Å². The van der Waals surface area contributed by atoms with Crippen molar-refractivity contribution in [2.24, 2.45) is 5.92 Å². The molecule has 0 radical (unpaired) electrons. The molecule has 0 aromatic carbocycles. The van der Waals surface area contributed by atoms with Crippen LogP contribution in [0.5, 0.6) is 0 Å². The number of pyridine rings is 1. The lowest BCUT2D eigenvalue weighted by molar-refractivity contribution is -0.111. The summed E-state index contributed by atoms with van der Waals surface area (Å²) in [7, 11) is 0. The molecule has 5 heteroatoms. The molecule has 0 unspecified atom stereocenters. The van der Waals surface area contributed by atoms with Crippen LogP contribution < -0.4 is 4.90 Å². The summed E-state index contributed by atoms with van der Waals surface area (Å²) in [5, 5.41) is 0. The van der Waals surface area contributed by atoms with Crippen molar-refractivity contribution < 1.29 is 9.18 Å². The minimum atomic E-state index is -0.517. The van der Waals surface area contributed by atoms with Crippen molar-refractivity contribution in [1.82, 2.24) is 4.98 Å². The smallest absolute Gasteiger partial charge is 0.229 e. The van der Waals surface area contributed by atoms with Gasteiger partial charge in [-0.25, -0.2) is 4.98 Å². The number of rotatable bonds is 2. The molecule has 1 aromatic rings. The van der Waals surface area contributed by atoms with Crippen LogP contribution in [-0.2, 0) is 4.79 Å². The molecule has 0 amide bonds. The number of aldehydes is 1. The zero-order chi connectivity index (χ0) is 10.1. The van der Waals surface area contributed by atoms with E-state index in [9.17, 15) is 9.18 Å². The van der Waals surface area contributed by atoms with E-state index in [1.807, 2.05) is 4.90 Å². The summed E-state index contributed by atoms with van der Waals surface area (Å²) in [6.07, 6.45) is 0.922. The maximum Gasteiger partial charge on any atom is 0.229 e. The van der Waals surface area contributed by atoms with Gasteiger partial charge in [-0.05, 0) is 28.1 Å². The predicted molar refractivity (Wildman–Crippen MR) is 53.7 cm³/mol. The zero-order valence-corrected chi connectivity index (χ0v) is 8.87. The Morgan fingerprint density at radius 3 is 2.86 bits per heavy atom. The molecule has 74 valence electrons. The van der Waals surface area contributed by atoms with Crippen LogP contribution >= 0.6 is 15.9 Å². The van der Waals surface area contributed by atoms with Gasteiger partial charge < -0.3 is 9.69 Å². The number of halogens is 2. The van der Waals surface area contributed by atoms with Gasteiger partial charge in [0.25, 0.3) is 0 Å². The third-order valence-corrected chi connectivity index (χ3v) is 2.81. The van der Waals surface area contributed by atoms with E-state index >= 15 is 0 Å². The molecule has 1 aliphatic heterocycles. The summed E-state index contributed by atoms with van der Waals surface area (Å²) in [5.74, 6) is 0.143. The van der Waals surface area contributed by atoms with E-state index in [2.05, 4.69) is 20.9 Å². The second-order valence-electron chi connectivity index (χ2n) is 3.24. The van der Waals surface area contributed by atoms with E-state index in [0.717, 1.165) is 6.29 Å². The van der Waals surface area contributed by atoms with E-state index in [4.69, 9.17) is 0 Å². The molecule has 0 N–H and O–H groups in total. The van der Waals surface area contributed by atoms with Gasteiger partial charge in [0, 0.05) is 19.0 Å². The van der Waals surface area contributed by atoms with Gasteiger partial charge in [0.2, 0.25) is 5.95 Å². The maximum atomic E-state index is 13.0. The number of nitrogens with zero attached hydrogens (tertiary/aromatic N) is 2. The summed E-state index contributed by atoms with van der Waals surface area (Å²) in [6.45, 7) is 1.27. The largest absolute Gasteiger partial charge is 0.355 e. The fourth-order valence-corrected chi connectivity index (χ4v) is 1.59. The first-order chi connectivity index (χ1) is 6.70. The molecule has 2 rings (SSSR count). The van der Waals surface area contributed by atoms with Crippen molar-refractivity contribution in [2.45, 2.75) is 0 Å². The Morgan fingerprint density at radius 1 is 1.57 bits per heavy atom. The Morgan fingerprint density at radius 2 is 2.29 bits per heavy atom. The molecular weight excluding hydrogens is 251 g/mol. The fraction of sp³-hybridized carbons (Fsp3) is 0.333. The monoisotopic (exact) mass is 258 g/mol. The van der Waals surface area contributed by atoms with E-state index in [1.165, 1.54) is 0 Å². The minimum absolute atomic E-state index is 0.0727. The van der Waals surface area contributed by atoms with Crippen LogP contribution in [0.15, 0.2) is 16.6 Å². The van der Waals surface area contributed by atoms with E-state index in [0.29, 0.717) is 23.4 Å². The van der Waals surface area contributed by atoms with Gasteiger partial charge >= 0.3 is 0 Å². The number of hydrogen-bond acceptors (Lipinski definition) is 3. The summed E-state index contributed by atoms with van der Waals surface area (Å²) in [6, 6.07) is 3.35. The number of anilines is 1. The Bertz CT molecular complexity index is 366. The third kappa shape index (κ3) is 1.64. The van der Waals surface area contributed by atoms with Gasteiger partial charge in [0.15, 0.2) is 0 Å². The van der Waals surface area contributed by atoms with Crippen molar-refractivity contribution >= 4 is 28.0 Å². The van der Waals surface area contributed by atoms with Gasteiger partial charge in [0.1, 0.15) is 12.1 Å². The molecule has 0 spiro atoms. The molecule has 1 saturated heterocycles. The van der Waals surface area contributed by atoms with E-state index < -0.39 is 5.95 Å². The normalized spacial score (nSPS) is 16.6. The molecule has 0 atom stereocenters. The number of aromatic nitrogens is 1. The lowest BCUT2D eigenvalue weighted by Crippen LogP contribution is -2.47. The summed E-state index contributed by atoms with van der Waals surface area (Å²) in [4.78, 5) is 16.0. The Labute approximate surface area is 89.1 Å². The highest BCUT2D eigenvalue weighted by molar-refractivity contribution is 9.10. The molecular formula is C9H8BrFN2O. The van der Waals surface area contributed by atoms with Crippen molar-refractivity contribution in [1.29, 1.82) is 0 Å². The molecule has 0 bridgehead atoms. The van der Waals surface area contributed by atoms with Crippen molar-refractivity contribution in [3.63, 3.8) is 0 Å². The summed E-state index contributed by atoms with van der Waals surface area (Å²) >= 11 is 3.03. The van der Waals surface area contributed by atoms with Crippen LogP contribution in [0.25, 0.3) is 0 Å². The van der Waals surface area contributed by atoms with Crippen LogP contribution in [0.2, 0.25) is 0 Å². The Kier molecular flexibility index (Phi) is 2.50. The van der Waals surface area contributed by atoms with Gasteiger partial charge in [-0.1, -0.05) is 0 Å². The molecule has 1 aliphatic rings. The Balaban J connectivity index is 2.11. The van der Waals surface area contributed by atoms with Crippen LogP contribution in [0.3, 0.4) is 0 Å². The summed E-state index contributed by atoms with van der Waals surface area (Å²) < 4.78 is 13.4. The van der Waals surface area contributed by atoms with Crippen LogP contribution in [-0.4, -0.2) is 24.4 Å². The maximum absolute atomic E-state index is 13.0. The van der Waals surface area contributed by atoms with Crippen molar-refractivity contribution in [3.05, 3.63) is 22.6 Å². The van der Waals surface area contributed by atoms with Gasteiger partial charge in [-0.15, -0.1) is 0 Å². The van der Waals surface area contributed by atoms with Gasteiger partial charge in [0.05, 0.1) is 4.47 Å². The molecule has 1 aromatic heterocycles. The van der Waals surface area contributed by atoms with Gasteiger partial charge in [-0.2, -0.15) is 4.39 Å². The summed E-state index contributed by atoms with van der Waals surface area (Å²) in [5.41, 5.74) is 0. The standard InChI is InChI=1S/C9H8BrFN2O/c10-7-1-2-8(12-9(7)11)13-3-6(4-13)5-14/h1-2,5-6H,3-4H2. The van der Waals surface area contributed by atoms with Gasteiger partial charge in [-0.3, -0.25) is 0 Å². The van der Waals surface area contributed by atoms with Crippen LogP contribution in [0, 0.1) is 11.9 Å². The molecule has 14 heavy (non-hydrogen) atoms. The first kappa shape index (κ1) is 9.58. The highest BCUT2D eigenvalue weighted by Crippen LogP contribution is 2.24. The second kappa shape index (κ2) is 3.65. The Hall–Kier alpha value is -0.970. The predicted octanol–water partition coefficient (Wildman–Crippen LogP) is 1.62. The molecule has 2 heterocycles. The van der Waals surface area contributed by atoms with Crippen molar-refractivity contribution in [2.75, 3.05) is 18.0 Å². The minimum Gasteiger partial charge on any atom is -0.355 e. The van der Waals surface area contributed by atoms with Crippen molar-refractivity contribution in [3.8, 4) is 0 Å². The highest BCUT2D eigenvalue weighted by atomic mass is 79.9. The SMILES string of the molecule is O=CC1CN(c2ccc(Br)c(F)n2)C1. The lowest BCUT2D eigenvalue weighted by atomic mass is 10.0. The first-order valence-electron chi connectivity index (χ1n) is 4.23. The van der Waals surface area contributed by atoms with E-state index in [-0.39, 0.29) is 5.92 Å². The molecule has 1 fully saturated rings. The first-order valence-corrected chi connectivity index (χ1v) is 5.02. The topological polar surface area (TPSA) is 33.2 Å². The zero-order valence-electron chi connectivity index (χ0n) is 7.28. The highest BCUT2D eigenvalue weighted by Gasteiger charge is 2.27. The van der Waals surface area contributed by atoms with Crippen LogP contribution in [0.4, 0.5) is 10.2 Å². The second-order valence-corrected chi connectivity index (χ2v) is 4.10. The average Bonchev–Trinajstić information content (AvgIpc) is 2.09.